The maximum absolute atomic E-state index is 13.7. The first-order valence-corrected chi connectivity index (χ1v) is 10.8. The molecule has 1 amide bonds. The first-order valence-electron chi connectivity index (χ1n) is 10.8. The molecule has 3 aromatic rings. The Labute approximate surface area is 189 Å². The summed E-state index contributed by atoms with van der Waals surface area (Å²) in [5, 5.41) is 3.64. The Hall–Kier alpha value is -3.20. The average Bonchev–Trinajstić information content (AvgIpc) is 3.20. The normalized spacial score (nSPS) is 20.5. The second kappa shape index (κ2) is 7.98. The maximum Gasteiger partial charge on any atom is 0.435 e. The van der Waals surface area contributed by atoms with E-state index in [1.165, 1.54) is 20.4 Å². The van der Waals surface area contributed by atoms with E-state index in [-0.39, 0.29) is 23.9 Å². The molecule has 6 nitrogen and oxygen atoms in total. The van der Waals surface area contributed by atoms with Crippen molar-refractivity contribution in [3.63, 3.8) is 0 Å². The van der Waals surface area contributed by atoms with Gasteiger partial charge in [0, 0.05) is 49.8 Å². The number of fused-ring (bicyclic) bond motifs is 2. The molecule has 2 atom stereocenters. The minimum Gasteiger partial charge on any atom is -0.361 e. The third-order valence-electron chi connectivity index (χ3n) is 6.50. The van der Waals surface area contributed by atoms with Gasteiger partial charge in [0.2, 0.25) is 0 Å². The number of hydrogen-bond acceptors (Lipinski definition) is 4. The van der Waals surface area contributed by atoms with E-state index in [9.17, 15) is 18.0 Å². The second-order valence-corrected chi connectivity index (χ2v) is 8.45. The summed E-state index contributed by atoms with van der Waals surface area (Å²) in [6.45, 7) is 0. The highest BCUT2D eigenvalue weighted by Gasteiger charge is 2.42. The lowest BCUT2D eigenvalue weighted by Gasteiger charge is -2.43. The third kappa shape index (κ3) is 3.60. The zero-order valence-electron chi connectivity index (χ0n) is 18.3. The van der Waals surface area contributed by atoms with Crippen LogP contribution in [-0.2, 0) is 30.8 Å². The number of benzene rings is 1. The smallest absolute Gasteiger partial charge is 0.361 e. The first-order chi connectivity index (χ1) is 15.8. The standard InChI is InChI=1S/C24H23F3N4O2/c1-30-13-18(22(29-30)24(25,26)27)14-6-3-7-15-17(14)12-21(33-2)31(23(15)32)20-10-4-9-19-16(20)8-5-11-28-19/h3,5-8,11,13,20-21H,4,9-10,12H2,1-2H3. The summed E-state index contributed by atoms with van der Waals surface area (Å²) in [6.07, 6.45) is 0.699. The van der Waals surface area contributed by atoms with Crippen molar-refractivity contribution < 1.29 is 22.7 Å². The number of pyridine rings is 1. The van der Waals surface area contributed by atoms with Gasteiger partial charge in [-0.1, -0.05) is 18.2 Å². The van der Waals surface area contributed by atoms with Crippen molar-refractivity contribution >= 4 is 5.91 Å². The molecule has 0 fully saturated rings. The summed E-state index contributed by atoms with van der Waals surface area (Å²) in [4.78, 5) is 20.0. The molecule has 5 rings (SSSR count). The number of ether oxygens (including phenoxy) is 1. The molecule has 0 saturated carbocycles. The summed E-state index contributed by atoms with van der Waals surface area (Å²) >= 11 is 0. The Balaban J connectivity index is 1.62. The Bertz CT molecular complexity index is 1220. The molecule has 0 saturated heterocycles. The molecule has 172 valence electrons. The number of methoxy groups -OCH3 is 1. The van der Waals surface area contributed by atoms with E-state index in [0.29, 0.717) is 16.7 Å². The van der Waals surface area contributed by atoms with Crippen LogP contribution in [-0.4, -0.2) is 38.9 Å². The quantitative estimate of drug-likeness (QED) is 0.580. The molecule has 0 bridgehead atoms. The van der Waals surface area contributed by atoms with Gasteiger partial charge in [-0.25, -0.2) is 0 Å². The summed E-state index contributed by atoms with van der Waals surface area (Å²) in [5.41, 5.74) is 2.28. The van der Waals surface area contributed by atoms with E-state index in [1.54, 1.807) is 29.3 Å². The van der Waals surface area contributed by atoms with E-state index in [2.05, 4.69) is 10.1 Å². The number of aryl methyl sites for hydroxylation is 2. The molecule has 2 aliphatic rings. The van der Waals surface area contributed by atoms with Gasteiger partial charge in [-0.05, 0) is 48.1 Å². The van der Waals surface area contributed by atoms with Crippen molar-refractivity contribution in [3.8, 4) is 11.1 Å². The largest absolute Gasteiger partial charge is 0.435 e. The van der Waals surface area contributed by atoms with Crippen LogP contribution in [0.15, 0.2) is 42.7 Å². The Morgan fingerprint density at radius 1 is 1.12 bits per heavy atom. The van der Waals surface area contributed by atoms with E-state index < -0.39 is 18.1 Å². The van der Waals surface area contributed by atoms with Gasteiger partial charge in [0.05, 0.1) is 6.04 Å². The van der Waals surface area contributed by atoms with Gasteiger partial charge in [-0.15, -0.1) is 0 Å². The van der Waals surface area contributed by atoms with Crippen LogP contribution in [0.2, 0.25) is 0 Å². The molecular formula is C24H23F3N4O2. The number of carbonyl (C=O) groups is 1. The molecule has 1 aliphatic heterocycles. The molecule has 0 radical (unpaired) electrons. The summed E-state index contributed by atoms with van der Waals surface area (Å²) in [6, 6.07) is 8.57. The van der Waals surface area contributed by atoms with E-state index in [4.69, 9.17) is 4.74 Å². The fourth-order valence-corrected chi connectivity index (χ4v) is 5.11. The van der Waals surface area contributed by atoms with Crippen molar-refractivity contribution in [2.45, 2.75) is 44.1 Å². The molecule has 9 heteroatoms. The Morgan fingerprint density at radius 2 is 1.91 bits per heavy atom. The van der Waals surface area contributed by atoms with Crippen LogP contribution in [0, 0.1) is 0 Å². The van der Waals surface area contributed by atoms with Crippen LogP contribution >= 0.6 is 0 Å². The molecule has 1 aromatic carbocycles. The number of aromatic nitrogens is 3. The third-order valence-corrected chi connectivity index (χ3v) is 6.50. The minimum absolute atomic E-state index is 0.0369. The van der Waals surface area contributed by atoms with Gasteiger partial charge in [0.25, 0.3) is 5.91 Å². The van der Waals surface area contributed by atoms with Gasteiger partial charge in [0.15, 0.2) is 5.69 Å². The lowest BCUT2D eigenvalue weighted by molar-refractivity contribution is -0.140. The molecule has 2 unspecified atom stereocenters. The van der Waals surface area contributed by atoms with Crippen molar-refractivity contribution in [1.29, 1.82) is 0 Å². The fraction of sp³-hybridized carbons (Fsp3) is 0.375. The zero-order chi connectivity index (χ0) is 23.3. The highest BCUT2D eigenvalue weighted by atomic mass is 19.4. The number of rotatable bonds is 3. The van der Waals surface area contributed by atoms with Crippen molar-refractivity contribution in [2.75, 3.05) is 7.11 Å². The SMILES string of the molecule is COC1Cc2c(cccc2-c2cn(C)nc2C(F)(F)F)C(=O)N1C1CCCc2ncccc21. The predicted octanol–water partition coefficient (Wildman–Crippen LogP) is 4.55. The van der Waals surface area contributed by atoms with Gasteiger partial charge in [0.1, 0.15) is 6.23 Å². The number of alkyl halides is 3. The monoisotopic (exact) mass is 456 g/mol. The number of nitrogens with zero attached hydrogens (tertiary/aromatic N) is 4. The van der Waals surface area contributed by atoms with E-state index in [0.717, 1.165) is 35.2 Å². The van der Waals surface area contributed by atoms with Crippen LogP contribution in [0.4, 0.5) is 13.2 Å². The summed E-state index contributed by atoms with van der Waals surface area (Å²) in [7, 11) is 2.98. The van der Waals surface area contributed by atoms with Crippen LogP contribution in [0.5, 0.6) is 0 Å². The number of hydrogen-bond donors (Lipinski definition) is 0. The number of halogens is 3. The first kappa shape index (κ1) is 21.6. The average molecular weight is 456 g/mol. The Morgan fingerprint density at radius 3 is 2.67 bits per heavy atom. The van der Waals surface area contributed by atoms with Gasteiger partial charge >= 0.3 is 6.18 Å². The van der Waals surface area contributed by atoms with Gasteiger partial charge in [-0.2, -0.15) is 18.3 Å². The lowest BCUT2D eigenvalue weighted by atomic mass is 9.85. The van der Waals surface area contributed by atoms with Crippen molar-refractivity contribution in [1.82, 2.24) is 19.7 Å². The van der Waals surface area contributed by atoms with Crippen molar-refractivity contribution in [3.05, 3.63) is 70.8 Å². The molecule has 1 aliphatic carbocycles. The lowest BCUT2D eigenvalue weighted by Crippen LogP contribution is -2.49. The van der Waals surface area contributed by atoms with Gasteiger partial charge in [-0.3, -0.25) is 14.5 Å². The molecule has 2 aromatic heterocycles. The molecule has 0 spiro atoms. The molecular weight excluding hydrogens is 433 g/mol. The van der Waals surface area contributed by atoms with Crippen molar-refractivity contribution in [2.24, 2.45) is 7.05 Å². The Kier molecular flexibility index (Phi) is 5.23. The minimum atomic E-state index is -4.61. The number of amides is 1. The van der Waals surface area contributed by atoms with E-state index in [1.807, 2.05) is 12.1 Å². The van der Waals surface area contributed by atoms with Crippen LogP contribution in [0.3, 0.4) is 0 Å². The van der Waals surface area contributed by atoms with Gasteiger partial charge < -0.3 is 9.64 Å². The fourth-order valence-electron chi connectivity index (χ4n) is 5.11. The summed E-state index contributed by atoms with van der Waals surface area (Å²) in [5.74, 6) is -0.246. The van der Waals surface area contributed by atoms with Crippen LogP contribution < -0.4 is 0 Å². The highest BCUT2D eigenvalue weighted by molar-refractivity contribution is 5.99. The van der Waals surface area contributed by atoms with Crippen LogP contribution in [0.25, 0.3) is 11.1 Å². The molecule has 0 N–H and O–H groups in total. The van der Waals surface area contributed by atoms with E-state index >= 15 is 0 Å². The maximum atomic E-state index is 13.7. The summed E-state index contributed by atoms with van der Waals surface area (Å²) < 4.78 is 47.9. The highest BCUT2D eigenvalue weighted by Crippen LogP contribution is 2.43. The van der Waals surface area contributed by atoms with Crippen LogP contribution in [0.1, 0.15) is 51.8 Å². The number of carbonyl (C=O) groups excluding carboxylic acids is 1. The predicted molar refractivity (Wildman–Crippen MR) is 114 cm³/mol. The molecule has 3 heterocycles. The zero-order valence-corrected chi connectivity index (χ0v) is 18.3. The second-order valence-electron chi connectivity index (χ2n) is 8.45. The topological polar surface area (TPSA) is 60.3 Å². The molecule has 33 heavy (non-hydrogen) atoms.